The molecule has 20 heavy (non-hydrogen) atoms. The first-order chi connectivity index (χ1) is 9.42. The van der Waals surface area contributed by atoms with Crippen LogP contribution in [0.15, 0.2) is 5.76 Å². The SMILES string of the molecule is COC1=Cc2nc(C(C)C)c(OC(C)C)nc2C(C)C1. The summed E-state index contributed by atoms with van der Waals surface area (Å²) in [6.07, 6.45) is 2.96. The maximum Gasteiger partial charge on any atom is 0.236 e. The fourth-order valence-electron chi connectivity index (χ4n) is 2.37. The van der Waals surface area contributed by atoms with Crippen LogP contribution in [0.3, 0.4) is 0 Å². The fraction of sp³-hybridized carbons (Fsp3) is 0.625. The van der Waals surface area contributed by atoms with Gasteiger partial charge in [0.05, 0.1) is 30.4 Å². The topological polar surface area (TPSA) is 44.2 Å². The lowest BCUT2D eigenvalue weighted by Gasteiger charge is -2.23. The Morgan fingerprint density at radius 2 is 1.90 bits per heavy atom. The van der Waals surface area contributed by atoms with Gasteiger partial charge in [-0.3, -0.25) is 0 Å². The summed E-state index contributed by atoms with van der Waals surface area (Å²) in [7, 11) is 1.70. The quantitative estimate of drug-likeness (QED) is 0.837. The minimum absolute atomic E-state index is 0.101. The molecule has 0 aromatic carbocycles. The van der Waals surface area contributed by atoms with Crippen molar-refractivity contribution in [3.8, 4) is 5.88 Å². The molecule has 0 radical (unpaired) electrons. The second-order valence-electron chi connectivity index (χ2n) is 5.93. The highest BCUT2D eigenvalue weighted by Gasteiger charge is 2.25. The van der Waals surface area contributed by atoms with Gasteiger partial charge in [0.1, 0.15) is 5.69 Å². The predicted molar refractivity (Wildman–Crippen MR) is 79.9 cm³/mol. The number of hydrogen-bond donors (Lipinski definition) is 0. The monoisotopic (exact) mass is 276 g/mol. The zero-order chi connectivity index (χ0) is 14.9. The van der Waals surface area contributed by atoms with E-state index in [4.69, 9.17) is 19.4 Å². The summed E-state index contributed by atoms with van der Waals surface area (Å²) >= 11 is 0. The molecular weight excluding hydrogens is 252 g/mol. The number of ether oxygens (including phenoxy) is 2. The third kappa shape index (κ3) is 2.94. The number of allylic oxidation sites excluding steroid dienone is 1. The van der Waals surface area contributed by atoms with Crippen LogP contribution in [0.1, 0.15) is 70.0 Å². The average molecular weight is 276 g/mol. The van der Waals surface area contributed by atoms with Gasteiger partial charge in [-0.2, -0.15) is 0 Å². The summed E-state index contributed by atoms with van der Waals surface area (Å²) in [6.45, 7) is 10.4. The Labute approximate surface area is 121 Å². The Hall–Kier alpha value is -1.58. The van der Waals surface area contributed by atoms with Crippen LogP contribution in [0.2, 0.25) is 0 Å². The molecule has 1 atom stereocenters. The minimum atomic E-state index is 0.101. The molecule has 1 aliphatic carbocycles. The maximum absolute atomic E-state index is 5.85. The van der Waals surface area contributed by atoms with Crippen LogP contribution >= 0.6 is 0 Å². The van der Waals surface area contributed by atoms with Gasteiger partial charge in [0.25, 0.3) is 0 Å². The molecule has 4 heteroatoms. The van der Waals surface area contributed by atoms with Gasteiger partial charge in [0.15, 0.2) is 0 Å². The first-order valence-corrected chi connectivity index (χ1v) is 7.25. The number of nitrogens with zero attached hydrogens (tertiary/aromatic N) is 2. The van der Waals surface area contributed by atoms with E-state index < -0.39 is 0 Å². The van der Waals surface area contributed by atoms with Crippen molar-refractivity contribution in [1.29, 1.82) is 0 Å². The molecule has 1 aromatic rings. The molecular formula is C16H24N2O2. The highest BCUT2D eigenvalue weighted by molar-refractivity contribution is 5.55. The molecule has 0 saturated carbocycles. The Kier molecular flexibility index (Phi) is 4.31. The van der Waals surface area contributed by atoms with E-state index in [1.165, 1.54) is 0 Å². The normalized spacial score (nSPS) is 18.0. The van der Waals surface area contributed by atoms with E-state index in [2.05, 4.69) is 20.8 Å². The van der Waals surface area contributed by atoms with Crippen LogP contribution in [0.5, 0.6) is 5.88 Å². The highest BCUT2D eigenvalue weighted by Crippen LogP contribution is 2.35. The summed E-state index contributed by atoms with van der Waals surface area (Å²) < 4.78 is 11.2. The number of methoxy groups -OCH3 is 1. The Morgan fingerprint density at radius 3 is 2.45 bits per heavy atom. The summed E-state index contributed by atoms with van der Waals surface area (Å²) in [5.41, 5.74) is 2.84. The smallest absolute Gasteiger partial charge is 0.236 e. The molecule has 1 aliphatic rings. The van der Waals surface area contributed by atoms with Gasteiger partial charge in [0.2, 0.25) is 5.88 Å². The predicted octanol–water partition coefficient (Wildman–Crippen LogP) is 3.88. The van der Waals surface area contributed by atoms with Crippen LogP contribution in [-0.2, 0) is 4.74 Å². The van der Waals surface area contributed by atoms with E-state index >= 15 is 0 Å². The van der Waals surface area contributed by atoms with Crippen LogP contribution in [-0.4, -0.2) is 23.2 Å². The number of fused-ring (bicyclic) bond motifs is 1. The molecule has 110 valence electrons. The molecule has 2 rings (SSSR count). The van der Waals surface area contributed by atoms with Crippen molar-refractivity contribution < 1.29 is 9.47 Å². The van der Waals surface area contributed by atoms with Gasteiger partial charge in [-0.15, -0.1) is 0 Å². The second kappa shape index (κ2) is 5.81. The molecule has 1 unspecified atom stereocenters. The average Bonchev–Trinajstić information content (AvgIpc) is 2.37. The fourth-order valence-corrected chi connectivity index (χ4v) is 2.37. The van der Waals surface area contributed by atoms with Gasteiger partial charge in [0, 0.05) is 24.3 Å². The van der Waals surface area contributed by atoms with E-state index in [1.807, 2.05) is 19.9 Å². The van der Waals surface area contributed by atoms with Crippen LogP contribution in [0, 0.1) is 0 Å². The van der Waals surface area contributed by atoms with E-state index in [9.17, 15) is 0 Å². The Bertz CT molecular complexity index is 521. The molecule has 1 aromatic heterocycles. The molecule has 0 fully saturated rings. The van der Waals surface area contributed by atoms with Crippen LogP contribution < -0.4 is 4.74 Å². The first-order valence-electron chi connectivity index (χ1n) is 7.25. The van der Waals surface area contributed by atoms with Gasteiger partial charge >= 0.3 is 0 Å². The van der Waals surface area contributed by atoms with Crippen molar-refractivity contribution in [3.63, 3.8) is 0 Å². The molecule has 1 heterocycles. The molecule has 0 amide bonds. The summed E-state index contributed by atoms with van der Waals surface area (Å²) in [4.78, 5) is 9.51. The zero-order valence-electron chi connectivity index (χ0n) is 13.2. The summed E-state index contributed by atoms with van der Waals surface area (Å²) in [5.74, 6) is 2.22. The Balaban J connectivity index is 2.52. The van der Waals surface area contributed by atoms with Crippen molar-refractivity contribution in [2.45, 2.75) is 59.0 Å². The zero-order valence-corrected chi connectivity index (χ0v) is 13.2. The standard InChI is InChI=1S/C16H24N2O2/c1-9(2)14-16(20-10(3)4)18-15-11(5)7-12(19-6)8-13(15)17-14/h8-11H,7H2,1-6H3. The van der Waals surface area contributed by atoms with Gasteiger partial charge < -0.3 is 9.47 Å². The van der Waals surface area contributed by atoms with E-state index in [1.54, 1.807) is 7.11 Å². The number of aromatic nitrogens is 2. The van der Waals surface area contributed by atoms with Gasteiger partial charge in [-0.05, 0) is 13.8 Å². The lowest BCUT2D eigenvalue weighted by atomic mass is 9.94. The Morgan fingerprint density at radius 1 is 1.20 bits per heavy atom. The number of hydrogen-bond acceptors (Lipinski definition) is 4. The van der Waals surface area contributed by atoms with Crippen molar-refractivity contribution in [1.82, 2.24) is 9.97 Å². The van der Waals surface area contributed by atoms with Crippen LogP contribution in [0.25, 0.3) is 6.08 Å². The molecule has 0 saturated heterocycles. The highest BCUT2D eigenvalue weighted by atomic mass is 16.5. The second-order valence-corrected chi connectivity index (χ2v) is 5.93. The molecule has 0 bridgehead atoms. The summed E-state index contributed by atoms with van der Waals surface area (Å²) in [5, 5.41) is 0. The molecule has 0 N–H and O–H groups in total. The lowest BCUT2D eigenvalue weighted by Crippen LogP contribution is -2.16. The van der Waals surface area contributed by atoms with E-state index in [-0.39, 0.29) is 12.0 Å². The third-order valence-electron chi connectivity index (χ3n) is 3.37. The minimum Gasteiger partial charge on any atom is -0.501 e. The third-order valence-corrected chi connectivity index (χ3v) is 3.37. The summed E-state index contributed by atoms with van der Waals surface area (Å²) in [6, 6.07) is 0. The number of rotatable bonds is 4. The molecule has 0 aliphatic heterocycles. The van der Waals surface area contributed by atoms with Gasteiger partial charge in [-0.1, -0.05) is 20.8 Å². The first kappa shape index (κ1) is 14.8. The van der Waals surface area contributed by atoms with Crippen molar-refractivity contribution in [2.75, 3.05) is 7.11 Å². The molecule has 0 spiro atoms. The lowest BCUT2D eigenvalue weighted by molar-refractivity contribution is 0.225. The van der Waals surface area contributed by atoms with Gasteiger partial charge in [-0.25, -0.2) is 9.97 Å². The molecule has 4 nitrogen and oxygen atoms in total. The van der Waals surface area contributed by atoms with E-state index in [0.717, 1.165) is 29.3 Å². The maximum atomic E-state index is 5.85. The van der Waals surface area contributed by atoms with Crippen molar-refractivity contribution >= 4 is 6.08 Å². The van der Waals surface area contributed by atoms with Crippen molar-refractivity contribution in [3.05, 3.63) is 22.8 Å². The largest absolute Gasteiger partial charge is 0.501 e. The van der Waals surface area contributed by atoms with E-state index in [0.29, 0.717) is 11.8 Å². The van der Waals surface area contributed by atoms with Crippen molar-refractivity contribution in [2.24, 2.45) is 0 Å². The van der Waals surface area contributed by atoms with Crippen LogP contribution in [0.4, 0.5) is 0 Å².